The average Bonchev–Trinajstić information content (AvgIpc) is 2.73. The van der Waals surface area contributed by atoms with Gasteiger partial charge in [0, 0.05) is 0 Å². The quantitative estimate of drug-likeness (QED) is 0.111. The summed E-state index contributed by atoms with van der Waals surface area (Å²) in [6, 6.07) is 0. The third kappa shape index (κ3) is 19.7. The zero-order valence-corrected chi connectivity index (χ0v) is 19.4. The Morgan fingerprint density at radius 2 is 1.33 bits per heavy atom. The van der Waals surface area contributed by atoms with Crippen molar-refractivity contribution in [2.75, 3.05) is 6.61 Å². The number of hydrogen-bond donors (Lipinski definition) is 1. The number of unbranched alkanes of at least 4 members (excludes halogenated alkanes) is 13. The standard InChI is InChI=1S/C26H46O4/c1-3-5-6-7-8-9-10-11-12-13-14-15-16-17-18-19-20-21-24(26(28)29)23-25(27)30-22-4-2/h4,14-15,24H,2-3,5-13,16-23H2,1H3,(H,28,29)/b15-14+. The fourth-order valence-electron chi connectivity index (χ4n) is 3.54. The Kier molecular flexibility index (Phi) is 20.9. The maximum absolute atomic E-state index is 11.6. The summed E-state index contributed by atoms with van der Waals surface area (Å²) in [7, 11) is 0. The first-order valence-corrected chi connectivity index (χ1v) is 12.3. The maximum atomic E-state index is 11.6. The van der Waals surface area contributed by atoms with Gasteiger partial charge in [0.25, 0.3) is 0 Å². The molecule has 0 spiro atoms. The monoisotopic (exact) mass is 422 g/mol. The minimum Gasteiger partial charge on any atom is -0.481 e. The molecule has 0 aromatic rings. The number of carboxylic acid groups (broad SMARTS) is 1. The number of hydrogen-bond acceptors (Lipinski definition) is 3. The summed E-state index contributed by atoms with van der Waals surface area (Å²) in [5.41, 5.74) is 0. The molecule has 1 unspecified atom stereocenters. The summed E-state index contributed by atoms with van der Waals surface area (Å²) in [4.78, 5) is 22.8. The van der Waals surface area contributed by atoms with Gasteiger partial charge in [-0.3, -0.25) is 9.59 Å². The summed E-state index contributed by atoms with van der Waals surface area (Å²) in [6.45, 7) is 5.88. The highest BCUT2D eigenvalue weighted by Crippen LogP contribution is 2.16. The van der Waals surface area contributed by atoms with Crippen molar-refractivity contribution in [3.05, 3.63) is 24.8 Å². The van der Waals surface area contributed by atoms with Crippen LogP contribution in [0.2, 0.25) is 0 Å². The summed E-state index contributed by atoms with van der Waals surface area (Å²) in [5.74, 6) is -2.01. The lowest BCUT2D eigenvalue weighted by molar-refractivity contribution is -0.151. The predicted octanol–water partition coefficient (Wildman–Crippen LogP) is 7.62. The van der Waals surface area contributed by atoms with Gasteiger partial charge >= 0.3 is 11.9 Å². The van der Waals surface area contributed by atoms with Crippen LogP contribution in [0.4, 0.5) is 0 Å². The van der Waals surface area contributed by atoms with E-state index in [1.54, 1.807) is 0 Å². The smallest absolute Gasteiger partial charge is 0.307 e. The highest BCUT2D eigenvalue weighted by Gasteiger charge is 2.21. The van der Waals surface area contributed by atoms with Gasteiger partial charge in [-0.05, 0) is 32.1 Å². The van der Waals surface area contributed by atoms with Crippen molar-refractivity contribution < 1.29 is 19.4 Å². The molecule has 0 aliphatic heterocycles. The summed E-state index contributed by atoms with van der Waals surface area (Å²) in [6.07, 6.45) is 25.3. The van der Waals surface area contributed by atoms with E-state index in [4.69, 9.17) is 4.74 Å². The van der Waals surface area contributed by atoms with E-state index in [1.165, 1.54) is 70.3 Å². The second-order valence-electron chi connectivity index (χ2n) is 8.29. The number of aliphatic carboxylic acids is 1. The molecule has 0 aromatic heterocycles. The van der Waals surface area contributed by atoms with Crippen LogP contribution in [-0.4, -0.2) is 23.7 Å². The van der Waals surface area contributed by atoms with Crippen molar-refractivity contribution in [1.82, 2.24) is 0 Å². The number of carboxylic acids is 1. The second-order valence-corrected chi connectivity index (χ2v) is 8.29. The molecule has 1 N–H and O–H groups in total. The van der Waals surface area contributed by atoms with E-state index in [2.05, 4.69) is 25.7 Å². The van der Waals surface area contributed by atoms with Crippen molar-refractivity contribution in [2.45, 2.75) is 116 Å². The summed E-state index contributed by atoms with van der Waals surface area (Å²) in [5, 5.41) is 9.25. The van der Waals surface area contributed by atoms with Crippen molar-refractivity contribution in [3.63, 3.8) is 0 Å². The molecule has 0 rings (SSSR count). The summed E-state index contributed by atoms with van der Waals surface area (Å²) < 4.78 is 4.88. The van der Waals surface area contributed by atoms with Gasteiger partial charge in [-0.25, -0.2) is 0 Å². The highest BCUT2D eigenvalue weighted by molar-refractivity contribution is 5.78. The van der Waals surface area contributed by atoms with Gasteiger partial charge in [0.2, 0.25) is 0 Å². The third-order valence-electron chi connectivity index (χ3n) is 5.44. The number of rotatable bonds is 22. The first-order valence-electron chi connectivity index (χ1n) is 12.3. The fraction of sp³-hybridized carbons (Fsp3) is 0.769. The molecule has 0 saturated carbocycles. The number of allylic oxidation sites excluding steroid dienone is 2. The largest absolute Gasteiger partial charge is 0.481 e. The van der Waals surface area contributed by atoms with Crippen LogP contribution in [0.5, 0.6) is 0 Å². The molecule has 0 saturated heterocycles. The minimum atomic E-state index is -0.912. The zero-order valence-electron chi connectivity index (χ0n) is 19.4. The Morgan fingerprint density at radius 3 is 1.83 bits per heavy atom. The van der Waals surface area contributed by atoms with Crippen LogP contribution in [0.3, 0.4) is 0 Å². The van der Waals surface area contributed by atoms with E-state index in [1.807, 2.05) is 0 Å². The molecule has 4 nitrogen and oxygen atoms in total. The van der Waals surface area contributed by atoms with E-state index >= 15 is 0 Å². The Bertz CT molecular complexity index is 456. The number of carbonyl (C=O) groups is 2. The summed E-state index contributed by atoms with van der Waals surface area (Å²) >= 11 is 0. The normalized spacial score (nSPS) is 12.2. The molecule has 30 heavy (non-hydrogen) atoms. The molecule has 0 aromatic carbocycles. The third-order valence-corrected chi connectivity index (χ3v) is 5.44. The van der Waals surface area contributed by atoms with Crippen LogP contribution in [0, 0.1) is 5.92 Å². The molecule has 0 amide bonds. The molecule has 0 aliphatic rings. The van der Waals surface area contributed by atoms with Crippen molar-refractivity contribution >= 4 is 11.9 Å². The van der Waals surface area contributed by atoms with Gasteiger partial charge in [-0.15, -0.1) is 0 Å². The van der Waals surface area contributed by atoms with Gasteiger partial charge < -0.3 is 9.84 Å². The molecule has 0 bridgehead atoms. The van der Waals surface area contributed by atoms with E-state index in [9.17, 15) is 14.7 Å². The average molecular weight is 423 g/mol. The van der Waals surface area contributed by atoms with Crippen molar-refractivity contribution in [2.24, 2.45) is 5.92 Å². The lowest BCUT2D eigenvalue weighted by Crippen LogP contribution is -2.19. The van der Waals surface area contributed by atoms with E-state index in [0.29, 0.717) is 6.42 Å². The van der Waals surface area contributed by atoms with Gasteiger partial charge in [0.05, 0.1) is 12.3 Å². The molecule has 1 atom stereocenters. The fourth-order valence-corrected chi connectivity index (χ4v) is 3.54. The zero-order chi connectivity index (χ0) is 22.3. The lowest BCUT2D eigenvalue weighted by Gasteiger charge is -2.11. The molecule has 0 heterocycles. The Balaban J connectivity index is 3.51. The minimum absolute atomic E-state index is 0.0508. The van der Waals surface area contributed by atoms with E-state index < -0.39 is 17.9 Å². The predicted molar refractivity (Wildman–Crippen MR) is 126 cm³/mol. The van der Waals surface area contributed by atoms with Gasteiger partial charge in [0.1, 0.15) is 6.61 Å². The van der Waals surface area contributed by atoms with Crippen molar-refractivity contribution in [3.8, 4) is 0 Å². The molecular weight excluding hydrogens is 376 g/mol. The number of esters is 1. The first kappa shape index (κ1) is 28.4. The maximum Gasteiger partial charge on any atom is 0.307 e. The highest BCUT2D eigenvalue weighted by atomic mass is 16.5. The Labute approximate surface area is 185 Å². The van der Waals surface area contributed by atoms with Gasteiger partial charge in [0.15, 0.2) is 0 Å². The van der Waals surface area contributed by atoms with Crippen LogP contribution in [0.1, 0.15) is 116 Å². The topological polar surface area (TPSA) is 63.6 Å². The Hall–Kier alpha value is -1.58. The van der Waals surface area contributed by atoms with Gasteiger partial charge in [-0.1, -0.05) is 102 Å². The van der Waals surface area contributed by atoms with Crippen LogP contribution in [-0.2, 0) is 14.3 Å². The van der Waals surface area contributed by atoms with E-state index in [-0.39, 0.29) is 13.0 Å². The number of carbonyl (C=O) groups excluding carboxylic acids is 1. The molecule has 0 aliphatic carbocycles. The van der Waals surface area contributed by atoms with Crippen LogP contribution in [0.25, 0.3) is 0 Å². The van der Waals surface area contributed by atoms with Crippen LogP contribution < -0.4 is 0 Å². The van der Waals surface area contributed by atoms with E-state index in [0.717, 1.165) is 32.1 Å². The Morgan fingerprint density at radius 1 is 0.833 bits per heavy atom. The molecular formula is C26H46O4. The molecule has 174 valence electrons. The molecule has 0 radical (unpaired) electrons. The molecule has 4 heteroatoms. The van der Waals surface area contributed by atoms with Gasteiger partial charge in [-0.2, -0.15) is 0 Å². The van der Waals surface area contributed by atoms with Crippen LogP contribution in [0.15, 0.2) is 24.8 Å². The second kappa shape index (κ2) is 22.1. The van der Waals surface area contributed by atoms with Crippen molar-refractivity contribution in [1.29, 1.82) is 0 Å². The van der Waals surface area contributed by atoms with Crippen LogP contribution >= 0.6 is 0 Å². The molecule has 0 fully saturated rings. The first-order chi connectivity index (χ1) is 14.6. The number of ether oxygens (including phenoxy) is 1. The SMILES string of the molecule is C=CCOC(=O)CC(CCCCCC/C=C/CCCCCCCCCCC)C(=O)O. The lowest BCUT2D eigenvalue weighted by atomic mass is 9.97.